The first kappa shape index (κ1) is 12.6. The Hall–Kier alpha value is -1.85. The molecule has 1 aromatic heterocycles. The molecule has 1 fully saturated rings. The van der Waals surface area contributed by atoms with Crippen LogP contribution in [0.15, 0.2) is 12.4 Å². The number of nitrogens with zero attached hydrogens (tertiary/aromatic N) is 1. The molecule has 0 spiro atoms. The Morgan fingerprint density at radius 1 is 1.28 bits per heavy atom. The minimum absolute atomic E-state index is 0.361. The van der Waals surface area contributed by atoms with Crippen LogP contribution in [0.1, 0.15) is 48.9 Å². The smallest absolute Gasteiger partial charge is 0.329 e. The molecule has 0 bridgehead atoms. The first-order chi connectivity index (χ1) is 8.64. The molecule has 0 aliphatic heterocycles. The van der Waals surface area contributed by atoms with E-state index in [0.29, 0.717) is 18.4 Å². The standard InChI is InChI=1S/C12H17N3O3/c16-10(9-7-13-14-8-9)15-12(11(17)18)5-3-1-2-4-6-12/h7-8H,1-6H2,(H,13,14)(H,15,16)(H,17,18). The number of carbonyl (C=O) groups excluding carboxylic acids is 1. The first-order valence-electron chi connectivity index (χ1n) is 6.19. The van der Waals surface area contributed by atoms with Crippen molar-refractivity contribution in [3.05, 3.63) is 18.0 Å². The predicted molar refractivity (Wildman–Crippen MR) is 64.1 cm³/mol. The summed E-state index contributed by atoms with van der Waals surface area (Å²) in [5.74, 6) is -1.32. The highest BCUT2D eigenvalue weighted by Crippen LogP contribution is 2.27. The number of carboxylic acids is 1. The van der Waals surface area contributed by atoms with E-state index >= 15 is 0 Å². The molecule has 2 rings (SSSR count). The average Bonchev–Trinajstić information content (AvgIpc) is 2.77. The fraction of sp³-hybridized carbons (Fsp3) is 0.583. The van der Waals surface area contributed by atoms with Crippen LogP contribution < -0.4 is 5.32 Å². The van der Waals surface area contributed by atoms with Gasteiger partial charge in [-0.3, -0.25) is 9.89 Å². The van der Waals surface area contributed by atoms with Gasteiger partial charge < -0.3 is 10.4 Å². The SMILES string of the molecule is O=C(NC1(C(=O)O)CCCCCC1)c1cn[nH]c1. The lowest BCUT2D eigenvalue weighted by Gasteiger charge is -2.29. The van der Waals surface area contributed by atoms with Crippen molar-refractivity contribution in [2.75, 3.05) is 0 Å². The predicted octanol–water partition coefficient (Wildman–Crippen LogP) is 1.32. The topological polar surface area (TPSA) is 95.1 Å². The largest absolute Gasteiger partial charge is 0.480 e. The van der Waals surface area contributed by atoms with E-state index in [1.165, 1.54) is 12.4 Å². The number of amides is 1. The minimum Gasteiger partial charge on any atom is -0.480 e. The van der Waals surface area contributed by atoms with Crippen LogP contribution in [0.25, 0.3) is 0 Å². The maximum absolute atomic E-state index is 12.0. The molecule has 6 heteroatoms. The van der Waals surface area contributed by atoms with E-state index in [0.717, 1.165) is 25.7 Å². The summed E-state index contributed by atoms with van der Waals surface area (Å²) in [5.41, 5.74) is -0.759. The van der Waals surface area contributed by atoms with E-state index in [2.05, 4.69) is 15.5 Å². The number of carbonyl (C=O) groups is 2. The second-order valence-corrected chi connectivity index (χ2v) is 4.74. The molecule has 1 saturated carbocycles. The van der Waals surface area contributed by atoms with Crippen LogP contribution in [-0.2, 0) is 4.79 Å². The first-order valence-corrected chi connectivity index (χ1v) is 6.19. The van der Waals surface area contributed by atoms with Gasteiger partial charge in [0.2, 0.25) is 0 Å². The van der Waals surface area contributed by atoms with Gasteiger partial charge in [-0.15, -0.1) is 0 Å². The highest BCUT2D eigenvalue weighted by Gasteiger charge is 2.40. The van der Waals surface area contributed by atoms with Crippen LogP contribution >= 0.6 is 0 Å². The monoisotopic (exact) mass is 251 g/mol. The normalized spacial score (nSPS) is 18.9. The molecule has 0 unspecified atom stereocenters. The number of rotatable bonds is 3. The highest BCUT2D eigenvalue weighted by atomic mass is 16.4. The van der Waals surface area contributed by atoms with Gasteiger partial charge in [-0.25, -0.2) is 4.79 Å². The van der Waals surface area contributed by atoms with Crippen molar-refractivity contribution >= 4 is 11.9 Å². The molecule has 1 aliphatic rings. The van der Waals surface area contributed by atoms with Gasteiger partial charge in [0, 0.05) is 6.20 Å². The van der Waals surface area contributed by atoms with Crippen molar-refractivity contribution in [2.45, 2.75) is 44.1 Å². The molecule has 0 atom stereocenters. The van der Waals surface area contributed by atoms with Gasteiger partial charge in [-0.2, -0.15) is 5.10 Å². The summed E-state index contributed by atoms with van der Waals surface area (Å²) < 4.78 is 0. The second-order valence-electron chi connectivity index (χ2n) is 4.74. The zero-order valence-electron chi connectivity index (χ0n) is 10.1. The van der Waals surface area contributed by atoms with Crippen LogP contribution in [-0.4, -0.2) is 32.7 Å². The van der Waals surface area contributed by atoms with Gasteiger partial charge in [0.1, 0.15) is 5.54 Å². The Morgan fingerprint density at radius 3 is 2.44 bits per heavy atom. The van der Waals surface area contributed by atoms with Gasteiger partial charge in [0.05, 0.1) is 11.8 Å². The molecule has 1 aliphatic carbocycles. The van der Waals surface area contributed by atoms with Gasteiger partial charge in [0.15, 0.2) is 0 Å². The summed E-state index contributed by atoms with van der Waals surface area (Å²) in [6, 6.07) is 0. The van der Waals surface area contributed by atoms with Gasteiger partial charge in [-0.05, 0) is 12.8 Å². The molecule has 1 amide bonds. The van der Waals surface area contributed by atoms with Crippen molar-refractivity contribution < 1.29 is 14.7 Å². The number of hydrogen-bond donors (Lipinski definition) is 3. The third-order valence-electron chi connectivity index (χ3n) is 3.48. The summed E-state index contributed by atoms with van der Waals surface area (Å²) in [6.07, 6.45) is 7.55. The molecular formula is C12H17N3O3. The van der Waals surface area contributed by atoms with E-state index in [1.54, 1.807) is 0 Å². The van der Waals surface area contributed by atoms with Crippen LogP contribution in [0.2, 0.25) is 0 Å². The molecule has 98 valence electrons. The third-order valence-corrected chi connectivity index (χ3v) is 3.48. The Kier molecular flexibility index (Phi) is 3.64. The fourth-order valence-electron chi connectivity index (χ4n) is 2.39. The van der Waals surface area contributed by atoms with Gasteiger partial charge >= 0.3 is 5.97 Å². The number of nitrogens with one attached hydrogen (secondary N) is 2. The van der Waals surface area contributed by atoms with Gasteiger partial charge in [0.25, 0.3) is 5.91 Å². The van der Waals surface area contributed by atoms with Crippen LogP contribution in [0, 0.1) is 0 Å². The van der Waals surface area contributed by atoms with E-state index in [-0.39, 0.29) is 5.91 Å². The quantitative estimate of drug-likeness (QED) is 0.706. The molecule has 6 nitrogen and oxygen atoms in total. The maximum Gasteiger partial charge on any atom is 0.329 e. The number of aromatic amines is 1. The van der Waals surface area contributed by atoms with Crippen LogP contribution in [0.4, 0.5) is 0 Å². The number of aromatic nitrogens is 2. The van der Waals surface area contributed by atoms with Crippen LogP contribution in [0.3, 0.4) is 0 Å². The number of H-pyrrole nitrogens is 1. The number of carboxylic acid groups (broad SMARTS) is 1. The van der Waals surface area contributed by atoms with E-state index < -0.39 is 11.5 Å². The molecule has 3 N–H and O–H groups in total. The Bertz CT molecular complexity index is 420. The lowest BCUT2D eigenvalue weighted by atomic mass is 9.90. The third kappa shape index (κ3) is 2.52. The molecule has 0 saturated heterocycles. The number of hydrogen-bond acceptors (Lipinski definition) is 3. The summed E-state index contributed by atoms with van der Waals surface area (Å²) in [5, 5.41) is 18.3. The van der Waals surface area contributed by atoms with Crippen molar-refractivity contribution in [3.8, 4) is 0 Å². The summed E-state index contributed by atoms with van der Waals surface area (Å²) in [7, 11) is 0. The lowest BCUT2D eigenvalue weighted by Crippen LogP contribution is -2.54. The average molecular weight is 251 g/mol. The zero-order valence-corrected chi connectivity index (χ0v) is 10.1. The lowest BCUT2D eigenvalue weighted by molar-refractivity contribution is -0.145. The molecule has 0 radical (unpaired) electrons. The molecule has 1 aromatic rings. The zero-order chi connectivity index (χ0) is 13.0. The minimum atomic E-state index is -1.12. The molecule has 0 aromatic carbocycles. The van der Waals surface area contributed by atoms with E-state index in [4.69, 9.17) is 0 Å². The summed E-state index contributed by atoms with van der Waals surface area (Å²) >= 11 is 0. The Balaban J connectivity index is 2.15. The molecule has 1 heterocycles. The van der Waals surface area contributed by atoms with Gasteiger partial charge in [-0.1, -0.05) is 25.7 Å². The summed E-state index contributed by atoms with van der Waals surface area (Å²) in [6.45, 7) is 0. The maximum atomic E-state index is 12.0. The van der Waals surface area contributed by atoms with Crippen molar-refractivity contribution in [2.24, 2.45) is 0 Å². The second kappa shape index (κ2) is 5.20. The fourth-order valence-corrected chi connectivity index (χ4v) is 2.39. The highest BCUT2D eigenvalue weighted by molar-refractivity contribution is 5.97. The van der Waals surface area contributed by atoms with Crippen molar-refractivity contribution in [1.29, 1.82) is 0 Å². The Labute approximate surface area is 105 Å². The van der Waals surface area contributed by atoms with Crippen molar-refractivity contribution in [3.63, 3.8) is 0 Å². The molecular weight excluding hydrogens is 234 g/mol. The Morgan fingerprint density at radius 2 is 1.94 bits per heavy atom. The van der Waals surface area contributed by atoms with Crippen LogP contribution in [0.5, 0.6) is 0 Å². The molecule has 18 heavy (non-hydrogen) atoms. The number of aliphatic carboxylic acids is 1. The van der Waals surface area contributed by atoms with E-state index in [1.807, 2.05) is 0 Å². The van der Waals surface area contributed by atoms with E-state index in [9.17, 15) is 14.7 Å². The van der Waals surface area contributed by atoms with Crippen molar-refractivity contribution in [1.82, 2.24) is 15.5 Å². The summed E-state index contributed by atoms with van der Waals surface area (Å²) in [4.78, 5) is 23.5.